The molecule has 0 saturated heterocycles. The summed E-state index contributed by atoms with van der Waals surface area (Å²) in [6, 6.07) is 8.26. The van der Waals surface area contributed by atoms with Crippen molar-refractivity contribution >= 4 is 23.4 Å². The Kier molecular flexibility index (Phi) is 6.94. The molecule has 110 valence electrons. The van der Waals surface area contributed by atoms with Crippen LogP contribution in [0.15, 0.2) is 40.8 Å². The van der Waals surface area contributed by atoms with Gasteiger partial charge in [0.15, 0.2) is 0 Å². The molecule has 0 fully saturated rings. The van der Waals surface area contributed by atoms with Crippen LogP contribution < -0.4 is 11.3 Å². The summed E-state index contributed by atoms with van der Waals surface area (Å²) in [5, 5.41) is 0.789. The van der Waals surface area contributed by atoms with Crippen LogP contribution in [-0.2, 0) is 0 Å². The maximum absolute atomic E-state index is 6.02. The number of hydrogen-bond acceptors (Lipinski definition) is 3. The first kappa shape index (κ1) is 15.9. The van der Waals surface area contributed by atoms with Crippen LogP contribution in [0.4, 0.5) is 0 Å². The van der Waals surface area contributed by atoms with Crippen molar-refractivity contribution in [2.75, 3.05) is 5.75 Å². The molecule has 2 nitrogen and oxygen atoms in total. The normalized spacial score (nSPS) is 20.6. The van der Waals surface area contributed by atoms with Gasteiger partial charge in [0.1, 0.15) is 0 Å². The number of thioether (sulfide) groups is 1. The largest absolute Gasteiger partial charge is 0.271 e. The molecule has 4 heteroatoms. The van der Waals surface area contributed by atoms with E-state index in [0.717, 1.165) is 10.8 Å². The Bertz CT molecular complexity index is 448. The average Bonchev–Trinajstić information content (AvgIpc) is 2.41. The zero-order valence-electron chi connectivity index (χ0n) is 11.8. The number of rotatable bonds is 5. The Hall–Kier alpha value is -0.480. The van der Waals surface area contributed by atoms with Gasteiger partial charge >= 0.3 is 0 Å². The van der Waals surface area contributed by atoms with Gasteiger partial charge in [-0.2, -0.15) is 0 Å². The molecule has 0 amide bonds. The third-order valence-corrected chi connectivity index (χ3v) is 5.01. The van der Waals surface area contributed by atoms with Gasteiger partial charge < -0.3 is 0 Å². The van der Waals surface area contributed by atoms with E-state index >= 15 is 0 Å². The molecule has 1 unspecified atom stereocenters. The molecule has 1 atom stereocenters. The number of nitrogens with two attached hydrogens (primary N) is 1. The van der Waals surface area contributed by atoms with Crippen molar-refractivity contribution in [2.24, 2.45) is 5.84 Å². The van der Waals surface area contributed by atoms with Crippen LogP contribution in [-0.4, -0.2) is 11.8 Å². The molecule has 0 aliphatic heterocycles. The van der Waals surface area contributed by atoms with Gasteiger partial charge in [0.2, 0.25) is 0 Å². The molecule has 1 aromatic rings. The molecule has 0 aromatic heterocycles. The molecule has 0 heterocycles. The lowest BCUT2D eigenvalue weighted by atomic mass is 9.96. The Balaban J connectivity index is 1.94. The minimum Gasteiger partial charge on any atom is -0.271 e. The highest BCUT2D eigenvalue weighted by Gasteiger charge is 2.14. The third kappa shape index (κ3) is 5.13. The molecule has 1 aliphatic rings. The van der Waals surface area contributed by atoms with Crippen LogP contribution in [0.25, 0.3) is 0 Å². The van der Waals surface area contributed by atoms with Crippen molar-refractivity contribution in [3.05, 3.63) is 40.9 Å². The second kappa shape index (κ2) is 8.73. The van der Waals surface area contributed by atoms with Gasteiger partial charge in [-0.15, -0.1) is 11.8 Å². The molecule has 2 rings (SSSR count). The first-order valence-corrected chi connectivity index (χ1v) is 8.69. The van der Waals surface area contributed by atoms with Gasteiger partial charge in [0.05, 0.1) is 6.04 Å². The maximum atomic E-state index is 6.02. The van der Waals surface area contributed by atoms with E-state index in [1.54, 1.807) is 11.8 Å². The van der Waals surface area contributed by atoms with Crippen molar-refractivity contribution in [2.45, 2.75) is 49.5 Å². The summed E-state index contributed by atoms with van der Waals surface area (Å²) in [5.74, 6) is 6.70. The van der Waals surface area contributed by atoms with Gasteiger partial charge in [0, 0.05) is 15.7 Å². The van der Waals surface area contributed by atoms with Crippen LogP contribution in [0.3, 0.4) is 0 Å². The van der Waals surface area contributed by atoms with Crippen LogP contribution in [0.2, 0.25) is 5.02 Å². The van der Waals surface area contributed by atoms with Crippen molar-refractivity contribution in [3.8, 4) is 0 Å². The number of nitrogens with one attached hydrogen (secondary N) is 1. The highest BCUT2D eigenvalue weighted by molar-refractivity contribution is 7.99. The monoisotopic (exact) mass is 310 g/mol. The fourth-order valence-electron chi connectivity index (χ4n) is 2.53. The molecule has 0 bridgehead atoms. The van der Waals surface area contributed by atoms with Gasteiger partial charge in [0.25, 0.3) is 0 Å². The summed E-state index contributed by atoms with van der Waals surface area (Å²) in [6.07, 6.45) is 10.1. The minimum atomic E-state index is 0.261. The summed E-state index contributed by atoms with van der Waals surface area (Å²) in [6.45, 7) is 0. The molecular formula is C16H23ClN2S. The van der Waals surface area contributed by atoms with E-state index in [0.29, 0.717) is 0 Å². The van der Waals surface area contributed by atoms with E-state index in [4.69, 9.17) is 17.4 Å². The molecule has 3 N–H and O–H groups in total. The molecule has 0 radical (unpaired) electrons. The quantitative estimate of drug-likeness (QED) is 0.363. The number of hydrogen-bond donors (Lipinski definition) is 2. The highest BCUT2D eigenvalue weighted by atomic mass is 35.5. The number of hydrazine groups is 1. The van der Waals surface area contributed by atoms with E-state index in [1.807, 2.05) is 18.2 Å². The molecule has 20 heavy (non-hydrogen) atoms. The molecule has 0 saturated carbocycles. The zero-order chi connectivity index (χ0) is 14.2. The van der Waals surface area contributed by atoms with Crippen LogP contribution in [0, 0.1) is 0 Å². The van der Waals surface area contributed by atoms with Gasteiger partial charge in [-0.25, -0.2) is 0 Å². The summed E-state index contributed by atoms with van der Waals surface area (Å²) in [7, 11) is 0. The SMILES string of the molecule is NNC(CSc1cccc(Cl)c1)/C1=C/CCCCCC1. The molecule has 0 spiro atoms. The predicted molar refractivity (Wildman–Crippen MR) is 89.1 cm³/mol. The van der Waals surface area contributed by atoms with Gasteiger partial charge in [-0.1, -0.05) is 42.2 Å². The Morgan fingerprint density at radius 2 is 2.10 bits per heavy atom. The minimum absolute atomic E-state index is 0.261. The molecular weight excluding hydrogens is 288 g/mol. The first-order valence-electron chi connectivity index (χ1n) is 7.33. The Morgan fingerprint density at radius 3 is 2.90 bits per heavy atom. The van der Waals surface area contributed by atoms with E-state index in [2.05, 4.69) is 17.6 Å². The van der Waals surface area contributed by atoms with Crippen LogP contribution in [0.1, 0.15) is 38.5 Å². The zero-order valence-corrected chi connectivity index (χ0v) is 13.3. The average molecular weight is 311 g/mol. The predicted octanol–water partition coefficient (Wildman–Crippen LogP) is 4.54. The summed E-state index contributed by atoms with van der Waals surface area (Å²) in [5.41, 5.74) is 4.46. The first-order chi connectivity index (χ1) is 9.79. The fraction of sp³-hybridized carbons (Fsp3) is 0.500. The van der Waals surface area contributed by atoms with E-state index in [9.17, 15) is 0 Å². The lowest BCUT2D eigenvalue weighted by Crippen LogP contribution is -2.38. The van der Waals surface area contributed by atoms with Crippen LogP contribution >= 0.6 is 23.4 Å². The Morgan fingerprint density at radius 1 is 1.25 bits per heavy atom. The Labute approximate surface area is 131 Å². The van der Waals surface area contributed by atoms with Gasteiger partial charge in [-0.3, -0.25) is 11.3 Å². The smallest absolute Gasteiger partial charge is 0.0513 e. The van der Waals surface area contributed by atoms with E-state index in [1.165, 1.54) is 49.0 Å². The highest BCUT2D eigenvalue weighted by Crippen LogP contribution is 2.26. The third-order valence-electron chi connectivity index (χ3n) is 3.69. The standard InChI is InChI=1S/C16H23ClN2S/c17-14-9-6-10-15(11-14)20-12-16(19-18)13-7-4-2-1-3-5-8-13/h6-7,9-11,16,19H,1-5,8,12,18H2/b13-7+. The fourth-order valence-corrected chi connectivity index (χ4v) is 3.84. The number of allylic oxidation sites excluding steroid dienone is 1. The molecule has 1 aliphatic carbocycles. The second-order valence-electron chi connectivity index (χ2n) is 5.22. The van der Waals surface area contributed by atoms with E-state index < -0.39 is 0 Å². The van der Waals surface area contributed by atoms with E-state index in [-0.39, 0.29) is 6.04 Å². The lowest BCUT2D eigenvalue weighted by molar-refractivity contribution is 0.567. The maximum Gasteiger partial charge on any atom is 0.0513 e. The summed E-state index contributed by atoms with van der Waals surface area (Å²) < 4.78 is 0. The second-order valence-corrected chi connectivity index (χ2v) is 6.75. The summed E-state index contributed by atoms with van der Waals surface area (Å²) >= 11 is 7.82. The summed E-state index contributed by atoms with van der Waals surface area (Å²) in [4.78, 5) is 1.20. The lowest BCUT2D eigenvalue weighted by Gasteiger charge is -2.21. The van der Waals surface area contributed by atoms with Crippen molar-refractivity contribution in [1.82, 2.24) is 5.43 Å². The van der Waals surface area contributed by atoms with Crippen molar-refractivity contribution in [1.29, 1.82) is 0 Å². The topological polar surface area (TPSA) is 38.0 Å². The molecule has 1 aromatic carbocycles. The van der Waals surface area contributed by atoms with Crippen molar-refractivity contribution in [3.63, 3.8) is 0 Å². The number of halogens is 1. The van der Waals surface area contributed by atoms with Gasteiger partial charge in [-0.05, 0) is 43.9 Å². The number of benzene rings is 1. The van der Waals surface area contributed by atoms with Crippen LogP contribution in [0.5, 0.6) is 0 Å². The van der Waals surface area contributed by atoms with Crippen molar-refractivity contribution < 1.29 is 0 Å².